The second-order valence-corrected chi connectivity index (χ2v) is 5.00. The van der Waals surface area contributed by atoms with Gasteiger partial charge in [-0.25, -0.2) is 14.3 Å². The Morgan fingerprint density at radius 2 is 2.12 bits per heavy atom. The molecule has 6 nitrogen and oxygen atoms in total. The van der Waals surface area contributed by atoms with E-state index in [9.17, 15) is 13.6 Å². The number of benzene rings is 1. The fraction of sp³-hybridized carbons (Fsp3) is 0.125. The summed E-state index contributed by atoms with van der Waals surface area (Å²) in [5, 5.41) is 8.68. The summed E-state index contributed by atoms with van der Waals surface area (Å²) in [6, 6.07) is 6.43. The number of ether oxygens (including phenoxy) is 1. The topological polar surface area (TPSA) is 76.4 Å². The average Bonchev–Trinajstić information content (AvgIpc) is 2.98. The number of carbonyl (C=O) groups excluding carboxylic acids is 1. The summed E-state index contributed by atoms with van der Waals surface area (Å²) >= 11 is 0. The van der Waals surface area contributed by atoms with E-state index < -0.39 is 17.5 Å². The molecule has 2 heterocycles. The molecule has 1 aromatic carbocycles. The maximum atomic E-state index is 13.5. The summed E-state index contributed by atoms with van der Waals surface area (Å²) in [4.78, 5) is 15.6. The lowest BCUT2D eigenvalue weighted by molar-refractivity contribution is 0.0706. The molecule has 3 aromatic rings. The highest BCUT2D eigenvalue weighted by molar-refractivity contribution is 5.96. The molecule has 0 saturated carbocycles. The van der Waals surface area contributed by atoms with Crippen molar-refractivity contribution in [2.75, 3.05) is 6.61 Å². The molecule has 0 aliphatic carbocycles. The molecule has 0 unspecified atom stereocenters. The minimum Gasteiger partial charge on any atom is -0.489 e. The number of amides is 1. The van der Waals surface area contributed by atoms with Crippen LogP contribution in [0.15, 0.2) is 42.7 Å². The van der Waals surface area contributed by atoms with E-state index in [1.54, 1.807) is 28.4 Å². The first kappa shape index (κ1) is 15.9. The molecule has 0 atom stereocenters. The number of pyridine rings is 1. The normalized spacial score (nSPS) is 10.8. The van der Waals surface area contributed by atoms with Crippen molar-refractivity contribution in [1.29, 1.82) is 0 Å². The number of hydrogen-bond donors (Lipinski definition) is 2. The molecule has 0 saturated heterocycles. The van der Waals surface area contributed by atoms with Crippen LogP contribution in [0.4, 0.5) is 8.78 Å². The molecule has 0 aliphatic rings. The number of hydrogen-bond acceptors (Lipinski definition) is 4. The maximum absolute atomic E-state index is 13.5. The molecule has 3 rings (SSSR count). The quantitative estimate of drug-likeness (QED) is 0.556. The number of carbonyl (C=O) groups is 1. The molecule has 24 heavy (non-hydrogen) atoms. The van der Waals surface area contributed by atoms with Gasteiger partial charge in [0, 0.05) is 18.5 Å². The van der Waals surface area contributed by atoms with E-state index in [4.69, 9.17) is 9.94 Å². The SMILES string of the molecule is O=C(NO)c1cnc2ccn(CCOc3ccc(F)cc3F)c2c1. The third kappa shape index (κ3) is 3.18. The van der Waals surface area contributed by atoms with Crippen LogP contribution in [0.25, 0.3) is 11.0 Å². The van der Waals surface area contributed by atoms with Crippen LogP contribution in [0.2, 0.25) is 0 Å². The van der Waals surface area contributed by atoms with Gasteiger partial charge in [-0.05, 0) is 24.3 Å². The summed E-state index contributed by atoms with van der Waals surface area (Å²) in [5.41, 5.74) is 3.08. The van der Waals surface area contributed by atoms with Crippen molar-refractivity contribution < 1.29 is 23.5 Å². The molecule has 0 bridgehead atoms. The van der Waals surface area contributed by atoms with Gasteiger partial charge in [-0.15, -0.1) is 0 Å². The Labute approximate surface area is 135 Å². The highest BCUT2D eigenvalue weighted by Gasteiger charge is 2.10. The summed E-state index contributed by atoms with van der Waals surface area (Å²) in [7, 11) is 0. The third-order valence-corrected chi connectivity index (χ3v) is 3.47. The van der Waals surface area contributed by atoms with Crippen LogP contribution >= 0.6 is 0 Å². The van der Waals surface area contributed by atoms with Crippen LogP contribution in [0.3, 0.4) is 0 Å². The predicted molar refractivity (Wildman–Crippen MR) is 80.8 cm³/mol. The molecule has 2 aromatic heterocycles. The van der Waals surface area contributed by atoms with E-state index in [-0.39, 0.29) is 17.9 Å². The van der Waals surface area contributed by atoms with Gasteiger partial charge in [-0.3, -0.25) is 15.0 Å². The summed E-state index contributed by atoms with van der Waals surface area (Å²) < 4.78 is 33.4. The molecule has 1 amide bonds. The molecular formula is C16H13F2N3O3. The first-order chi connectivity index (χ1) is 11.6. The van der Waals surface area contributed by atoms with Crippen LogP contribution in [0, 0.1) is 11.6 Å². The van der Waals surface area contributed by atoms with Crippen molar-refractivity contribution in [2.24, 2.45) is 0 Å². The standard InChI is InChI=1S/C16H13F2N3O3/c17-11-1-2-15(12(18)8-11)24-6-5-21-4-3-13-14(21)7-10(9-19-13)16(22)20-23/h1-4,7-9,23H,5-6H2,(H,20,22). The molecule has 0 spiro atoms. The van der Waals surface area contributed by atoms with Gasteiger partial charge >= 0.3 is 0 Å². The fourth-order valence-electron chi connectivity index (χ4n) is 2.29. The van der Waals surface area contributed by atoms with E-state index in [0.717, 1.165) is 12.1 Å². The first-order valence-corrected chi connectivity index (χ1v) is 7.05. The van der Waals surface area contributed by atoms with Crippen LogP contribution < -0.4 is 10.2 Å². The number of nitrogens with one attached hydrogen (secondary N) is 1. The van der Waals surface area contributed by atoms with Gasteiger partial charge in [0.15, 0.2) is 11.6 Å². The largest absolute Gasteiger partial charge is 0.489 e. The summed E-state index contributed by atoms with van der Waals surface area (Å²) in [6.45, 7) is 0.509. The monoisotopic (exact) mass is 333 g/mol. The predicted octanol–water partition coefficient (Wildman–Crippen LogP) is 2.51. The Morgan fingerprint density at radius 1 is 1.29 bits per heavy atom. The number of rotatable bonds is 5. The Kier molecular flexibility index (Phi) is 4.39. The number of fused-ring (bicyclic) bond motifs is 1. The van der Waals surface area contributed by atoms with Gasteiger partial charge in [0.1, 0.15) is 12.4 Å². The second-order valence-electron chi connectivity index (χ2n) is 5.00. The van der Waals surface area contributed by atoms with Crippen molar-refractivity contribution in [3.63, 3.8) is 0 Å². The summed E-state index contributed by atoms with van der Waals surface area (Å²) in [5.74, 6) is -2.14. The van der Waals surface area contributed by atoms with Crippen LogP contribution in [0.1, 0.15) is 10.4 Å². The van der Waals surface area contributed by atoms with Crippen molar-refractivity contribution in [3.8, 4) is 5.75 Å². The average molecular weight is 333 g/mol. The maximum Gasteiger partial charge on any atom is 0.276 e. The zero-order valence-electron chi connectivity index (χ0n) is 12.4. The van der Waals surface area contributed by atoms with Gasteiger partial charge < -0.3 is 9.30 Å². The number of halogens is 2. The Balaban J connectivity index is 1.74. The number of aromatic nitrogens is 2. The van der Waals surface area contributed by atoms with Gasteiger partial charge in [0.25, 0.3) is 5.91 Å². The van der Waals surface area contributed by atoms with Gasteiger partial charge in [-0.1, -0.05) is 0 Å². The molecule has 8 heteroatoms. The molecule has 0 aliphatic heterocycles. The molecular weight excluding hydrogens is 320 g/mol. The lowest BCUT2D eigenvalue weighted by atomic mass is 10.2. The highest BCUT2D eigenvalue weighted by Crippen LogP contribution is 2.19. The first-order valence-electron chi connectivity index (χ1n) is 7.05. The summed E-state index contributed by atoms with van der Waals surface area (Å²) in [6.07, 6.45) is 3.10. The Hall–Kier alpha value is -3.00. The van der Waals surface area contributed by atoms with E-state index >= 15 is 0 Å². The van der Waals surface area contributed by atoms with Crippen molar-refractivity contribution in [1.82, 2.24) is 15.0 Å². The Bertz CT molecular complexity index is 895. The van der Waals surface area contributed by atoms with Gasteiger partial charge in [0.2, 0.25) is 0 Å². The van der Waals surface area contributed by atoms with E-state index in [0.29, 0.717) is 17.6 Å². The third-order valence-electron chi connectivity index (χ3n) is 3.47. The molecule has 2 N–H and O–H groups in total. The van der Waals surface area contributed by atoms with Crippen LogP contribution in [0.5, 0.6) is 5.75 Å². The van der Waals surface area contributed by atoms with Gasteiger partial charge in [-0.2, -0.15) is 0 Å². The van der Waals surface area contributed by atoms with Crippen molar-refractivity contribution in [2.45, 2.75) is 6.54 Å². The molecule has 124 valence electrons. The minimum absolute atomic E-state index is 0.0358. The minimum atomic E-state index is -0.768. The van der Waals surface area contributed by atoms with Crippen LogP contribution in [-0.4, -0.2) is 27.3 Å². The smallest absolute Gasteiger partial charge is 0.276 e. The second kappa shape index (κ2) is 6.63. The highest BCUT2D eigenvalue weighted by atomic mass is 19.1. The van der Waals surface area contributed by atoms with Crippen LogP contribution in [-0.2, 0) is 6.54 Å². The van der Waals surface area contributed by atoms with Crippen molar-refractivity contribution >= 4 is 16.9 Å². The molecule has 0 radical (unpaired) electrons. The Morgan fingerprint density at radius 3 is 2.88 bits per heavy atom. The fourth-order valence-corrected chi connectivity index (χ4v) is 2.29. The lowest BCUT2D eigenvalue weighted by Crippen LogP contribution is -2.18. The zero-order chi connectivity index (χ0) is 17.1. The number of hydroxylamine groups is 1. The number of nitrogens with zero attached hydrogens (tertiary/aromatic N) is 2. The van der Waals surface area contributed by atoms with E-state index in [2.05, 4.69) is 4.98 Å². The molecule has 0 fully saturated rings. The van der Waals surface area contributed by atoms with E-state index in [1.807, 2.05) is 0 Å². The van der Waals surface area contributed by atoms with Gasteiger partial charge in [0.05, 0.1) is 23.1 Å². The lowest BCUT2D eigenvalue weighted by Gasteiger charge is -2.09. The van der Waals surface area contributed by atoms with Crippen molar-refractivity contribution in [3.05, 3.63) is 59.9 Å². The zero-order valence-corrected chi connectivity index (χ0v) is 12.4. The van der Waals surface area contributed by atoms with E-state index in [1.165, 1.54) is 12.3 Å².